The van der Waals surface area contributed by atoms with Crippen LogP contribution in [0.3, 0.4) is 0 Å². The van der Waals surface area contributed by atoms with E-state index in [-0.39, 0.29) is 0 Å². The molecular formula is C16H25BrN2. The van der Waals surface area contributed by atoms with E-state index < -0.39 is 0 Å². The Morgan fingerprint density at radius 1 is 1.42 bits per heavy atom. The minimum absolute atomic E-state index is 0.525. The zero-order valence-electron chi connectivity index (χ0n) is 12.4. The van der Waals surface area contributed by atoms with Gasteiger partial charge in [0.1, 0.15) is 0 Å². The number of hydrogen-bond acceptors (Lipinski definition) is 2. The van der Waals surface area contributed by atoms with E-state index in [1.54, 1.807) is 0 Å². The van der Waals surface area contributed by atoms with Crippen LogP contribution in [0.1, 0.15) is 32.8 Å². The van der Waals surface area contributed by atoms with E-state index in [4.69, 9.17) is 0 Å². The lowest BCUT2D eigenvalue weighted by Crippen LogP contribution is -2.23. The van der Waals surface area contributed by atoms with Gasteiger partial charge in [-0.2, -0.15) is 0 Å². The molecule has 1 aliphatic carbocycles. The standard InChI is InChI=1S/C16H25BrN2/c1-11(2)18-9-13-5-6-16(15(17)8-13)19(4)10-14-7-12(14)3/h5-6,8,11-12,14,18H,7,9-10H2,1-4H3. The maximum absolute atomic E-state index is 3.71. The van der Waals surface area contributed by atoms with Crippen molar-refractivity contribution >= 4 is 21.6 Å². The summed E-state index contributed by atoms with van der Waals surface area (Å²) < 4.78 is 1.20. The number of rotatable bonds is 6. The molecule has 0 aromatic heterocycles. The van der Waals surface area contributed by atoms with Gasteiger partial charge in [0, 0.05) is 30.7 Å². The first-order chi connectivity index (χ1) is 8.97. The second-order valence-corrected chi connectivity index (χ2v) is 7.03. The summed E-state index contributed by atoms with van der Waals surface area (Å²) in [5.74, 6) is 1.80. The molecule has 0 bridgehead atoms. The lowest BCUT2D eigenvalue weighted by Gasteiger charge is -2.21. The molecule has 0 heterocycles. The second-order valence-electron chi connectivity index (χ2n) is 6.17. The molecule has 1 N–H and O–H groups in total. The highest BCUT2D eigenvalue weighted by atomic mass is 79.9. The van der Waals surface area contributed by atoms with E-state index in [1.165, 1.54) is 28.7 Å². The van der Waals surface area contributed by atoms with Gasteiger partial charge in [0.15, 0.2) is 0 Å². The predicted octanol–water partition coefficient (Wildman–Crippen LogP) is 4.04. The van der Waals surface area contributed by atoms with Gasteiger partial charge in [0.2, 0.25) is 0 Å². The summed E-state index contributed by atoms with van der Waals surface area (Å²) >= 11 is 3.71. The Bertz CT molecular complexity index is 431. The van der Waals surface area contributed by atoms with Crippen molar-refractivity contribution in [2.75, 3.05) is 18.5 Å². The molecule has 1 aromatic rings. The Morgan fingerprint density at radius 2 is 2.11 bits per heavy atom. The van der Waals surface area contributed by atoms with Crippen LogP contribution >= 0.6 is 15.9 Å². The van der Waals surface area contributed by atoms with Crippen LogP contribution in [-0.4, -0.2) is 19.6 Å². The van der Waals surface area contributed by atoms with Gasteiger partial charge in [-0.25, -0.2) is 0 Å². The smallest absolute Gasteiger partial charge is 0.0508 e. The van der Waals surface area contributed by atoms with Gasteiger partial charge in [0.25, 0.3) is 0 Å². The van der Waals surface area contributed by atoms with Crippen LogP contribution < -0.4 is 10.2 Å². The summed E-state index contributed by atoms with van der Waals surface area (Å²) in [4.78, 5) is 2.37. The van der Waals surface area contributed by atoms with Crippen LogP contribution in [0, 0.1) is 11.8 Å². The second kappa shape index (κ2) is 6.27. The van der Waals surface area contributed by atoms with Crippen molar-refractivity contribution in [1.82, 2.24) is 5.32 Å². The quantitative estimate of drug-likeness (QED) is 0.849. The number of benzene rings is 1. The van der Waals surface area contributed by atoms with E-state index >= 15 is 0 Å². The third-order valence-corrected chi connectivity index (χ3v) is 4.56. The highest BCUT2D eigenvalue weighted by Crippen LogP contribution is 2.39. The molecule has 1 saturated carbocycles. The van der Waals surface area contributed by atoms with Gasteiger partial charge in [-0.3, -0.25) is 0 Å². The topological polar surface area (TPSA) is 15.3 Å². The maximum atomic E-state index is 3.71. The molecule has 2 atom stereocenters. The Labute approximate surface area is 125 Å². The molecule has 0 saturated heterocycles. The van der Waals surface area contributed by atoms with Gasteiger partial charge in [-0.05, 0) is 51.9 Å². The molecule has 0 spiro atoms. The van der Waals surface area contributed by atoms with E-state index in [1.807, 2.05) is 0 Å². The van der Waals surface area contributed by atoms with Crippen molar-refractivity contribution in [3.63, 3.8) is 0 Å². The largest absolute Gasteiger partial charge is 0.373 e. The third kappa shape index (κ3) is 4.22. The Balaban J connectivity index is 1.97. The fourth-order valence-corrected chi connectivity index (χ4v) is 3.12. The van der Waals surface area contributed by atoms with E-state index in [0.29, 0.717) is 6.04 Å². The van der Waals surface area contributed by atoms with E-state index in [9.17, 15) is 0 Å². The Hall–Kier alpha value is -0.540. The van der Waals surface area contributed by atoms with Crippen LogP contribution in [0.25, 0.3) is 0 Å². The molecule has 0 radical (unpaired) electrons. The van der Waals surface area contributed by atoms with Gasteiger partial charge in [0.05, 0.1) is 5.69 Å². The lowest BCUT2D eigenvalue weighted by atomic mass is 10.2. The highest BCUT2D eigenvalue weighted by molar-refractivity contribution is 9.10. The normalized spacial score (nSPS) is 21.8. The summed E-state index contributed by atoms with van der Waals surface area (Å²) in [6.07, 6.45) is 1.39. The van der Waals surface area contributed by atoms with Crippen molar-refractivity contribution in [3.8, 4) is 0 Å². The van der Waals surface area contributed by atoms with Crippen molar-refractivity contribution in [1.29, 1.82) is 0 Å². The summed E-state index contributed by atoms with van der Waals surface area (Å²) in [5.41, 5.74) is 2.63. The van der Waals surface area contributed by atoms with Crippen LogP contribution in [0.5, 0.6) is 0 Å². The fourth-order valence-electron chi connectivity index (χ4n) is 2.40. The molecule has 3 heteroatoms. The summed E-state index contributed by atoms with van der Waals surface area (Å²) in [6.45, 7) is 8.79. The first kappa shape index (κ1) is 14.9. The molecule has 106 valence electrons. The highest BCUT2D eigenvalue weighted by Gasteiger charge is 2.33. The van der Waals surface area contributed by atoms with Crippen molar-refractivity contribution < 1.29 is 0 Å². The van der Waals surface area contributed by atoms with Crippen LogP contribution in [0.2, 0.25) is 0 Å². The van der Waals surface area contributed by atoms with E-state index in [2.05, 4.69) is 72.2 Å². The molecule has 0 amide bonds. The lowest BCUT2D eigenvalue weighted by molar-refractivity contribution is 0.588. The number of nitrogens with zero attached hydrogens (tertiary/aromatic N) is 1. The number of anilines is 1. The van der Waals surface area contributed by atoms with E-state index in [0.717, 1.165) is 18.4 Å². The molecule has 2 rings (SSSR count). The SMILES string of the molecule is CC(C)NCc1ccc(N(C)CC2CC2C)c(Br)c1. The number of nitrogens with one attached hydrogen (secondary N) is 1. The maximum Gasteiger partial charge on any atom is 0.0508 e. The molecular weight excluding hydrogens is 300 g/mol. The minimum atomic E-state index is 0.525. The van der Waals surface area contributed by atoms with Gasteiger partial charge in [-0.1, -0.05) is 26.8 Å². The van der Waals surface area contributed by atoms with Crippen molar-refractivity contribution in [2.24, 2.45) is 11.8 Å². The van der Waals surface area contributed by atoms with Gasteiger partial charge in [-0.15, -0.1) is 0 Å². The Kier molecular flexibility index (Phi) is 4.91. The van der Waals surface area contributed by atoms with Gasteiger partial charge >= 0.3 is 0 Å². The fraction of sp³-hybridized carbons (Fsp3) is 0.625. The van der Waals surface area contributed by atoms with Crippen molar-refractivity contribution in [3.05, 3.63) is 28.2 Å². The van der Waals surface area contributed by atoms with Crippen molar-refractivity contribution in [2.45, 2.75) is 39.8 Å². The first-order valence-electron chi connectivity index (χ1n) is 7.20. The Morgan fingerprint density at radius 3 is 2.63 bits per heavy atom. The average molecular weight is 325 g/mol. The molecule has 2 unspecified atom stereocenters. The molecule has 19 heavy (non-hydrogen) atoms. The molecule has 2 nitrogen and oxygen atoms in total. The summed E-state index contributed by atoms with van der Waals surface area (Å²) in [6, 6.07) is 7.21. The molecule has 0 aliphatic heterocycles. The average Bonchev–Trinajstić information content (AvgIpc) is 3.02. The summed E-state index contributed by atoms with van der Waals surface area (Å²) in [7, 11) is 2.19. The van der Waals surface area contributed by atoms with Crippen LogP contribution in [0.4, 0.5) is 5.69 Å². The first-order valence-corrected chi connectivity index (χ1v) is 7.99. The number of halogens is 1. The summed E-state index contributed by atoms with van der Waals surface area (Å²) in [5, 5.41) is 3.45. The molecule has 1 fully saturated rings. The molecule has 1 aromatic carbocycles. The zero-order chi connectivity index (χ0) is 14.0. The molecule has 1 aliphatic rings. The zero-order valence-corrected chi connectivity index (χ0v) is 14.0. The predicted molar refractivity (Wildman–Crippen MR) is 86.7 cm³/mol. The minimum Gasteiger partial charge on any atom is -0.373 e. The monoisotopic (exact) mass is 324 g/mol. The van der Waals surface area contributed by atoms with Crippen LogP contribution in [-0.2, 0) is 6.54 Å². The number of hydrogen-bond donors (Lipinski definition) is 1. The third-order valence-electron chi connectivity index (χ3n) is 3.92. The van der Waals surface area contributed by atoms with Gasteiger partial charge < -0.3 is 10.2 Å². The van der Waals surface area contributed by atoms with Crippen LogP contribution in [0.15, 0.2) is 22.7 Å².